The maximum Gasteiger partial charge on any atom is 0.407 e. The van der Waals surface area contributed by atoms with Crippen LogP contribution in [0.5, 0.6) is 11.5 Å². The van der Waals surface area contributed by atoms with Gasteiger partial charge in [0.2, 0.25) is 0 Å². The van der Waals surface area contributed by atoms with Gasteiger partial charge < -0.3 is 33.3 Å². The Kier molecular flexibility index (Phi) is 19.2. The zero-order chi connectivity index (χ0) is 50.9. The van der Waals surface area contributed by atoms with Gasteiger partial charge >= 0.3 is 6.09 Å². The van der Waals surface area contributed by atoms with E-state index in [1.54, 1.807) is 26.9 Å². The van der Waals surface area contributed by atoms with E-state index in [2.05, 4.69) is 127 Å². The van der Waals surface area contributed by atoms with Crippen molar-refractivity contribution in [2.45, 2.75) is 176 Å². The van der Waals surface area contributed by atoms with Crippen molar-refractivity contribution < 1.29 is 32.8 Å². The van der Waals surface area contributed by atoms with Crippen LogP contribution in [0.15, 0.2) is 90.5 Å². The molecule has 3 aromatic rings. The topological polar surface area (TPSA) is 87.7 Å². The van der Waals surface area contributed by atoms with E-state index in [1.807, 2.05) is 30.3 Å². The van der Waals surface area contributed by atoms with Crippen molar-refractivity contribution in [3.63, 3.8) is 0 Å². The first-order chi connectivity index (χ1) is 34.1. The second-order valence-corrected chi connectivity index (χ2v) is 24.6. The van der Waals surface area contributed by atoms with Gasteiger partial charge in [0, 0.05) is 32.2 Å². The maximum atomic E-state index is 13.7. The molecule has 1 N–H and O–H groups in total. The summed E-state index contributed by atoms with van der Waals surface area (Å²) in [4.78, 5) is 13.7. The number of nitrogens with zero attached hydrogens (tertiary/aromatic N) is 1. The van der Waals surface area contributed by atoms with Gasteiger partial charge in [0.25, 0.3) is 8.53 Å². The number of hydrogen-bond donors (Lipinski definition) is 1. The SMILES string of the molecule is COc1ccc(C(OCCC(CCNC(=O)O[C@H]2CC[C@@]3(C)C(=CC[C@H]4[C@@H]5CC[C@H]([C@H](C)CCCC(C)C)[C@@]5(C)CC[C@@H]43)C2)OP(OC)N(C(C)C)C(C)C)(c2ccccc2)c2ccc(OC)cc2)cc1. The molecule has 0 saturated heterocycles. The molecule has 392 valence electrons. The van der Waals surface area contributed by atoms with Crippen LogP contribution in [0.4, 0.5) is 4.79 Å². The van der Waals surface area contributed by atoms with Crippen LogP contribution in [0.3, 0.4) is 0 Å². The van der Waals surface area contributed by atoms with E-state index in [-0.39, 0.29) is 35.8 Å². The van der Waals surface area contributed by atoms with E-state index in [9.17, 15) is 4.79 Å². The lowest BCUT2D eigenvalue weighted by Crippen LogP contribution is -2.51. The molecule has 0 spiro atoms. The zero-order valence-corrected chi connectivity index (χ0v) is 46.6. The van der Waals surface area contributed by atoms with Gasteiger partial charge in [0.05, 0.1) is 26.9 Å². The Balaban J connectivity index is 1.02. The van der Waals surface area contributed by atoms with E-state index in [4.69, 9.17) is 28.0 Å². The van der Waals surface area contributed by atoms with E-state index in [1.165, 1.54) is 51.4 Å². The lowest BCUT2D eigenvalue weighted by Gasteiger charge is -2.58. The number of rotatable bonds is 24. The minimum absolute atomic E-state index is 0.114. The van der Waals surface area contributed by atoms with Crippen LogP contribution in [-0.4, -0.2) is 69.5 Å². The largest absolute Gasteiger partial charge is 0.497 e. The Bertz CT molecular complexity index is 2090. The van der Waals surface area contributed by atoms with Crippen molar-refractivity contribution in [3.05, 3.63) is 107 Å². The first-order valence-electron chi connectivity index (χ1n) is 27.5. The van der Waals surface area contributed by atoms with E-state index < -0.39 is 14.1 Å². The minimum Gasteiger partial charge on any atom is -0.497 e. The van der Waals surface area contributed by atoms with Crippen LogP contribution in [0.25, 0.3) is 0 Å². The summed E-state index contributed by atoms with van der Waals surface area (Å²) in [6.07, 6.45) is 16.6. The number of carbonyl (C=O) groups is 1. The van der Waals surface area contributed by atoms with Crippen LogP contribution < -0.4 is 14.8 Å². The molecule has 0 aromatic heterocycles. The molecule has 0 heterocycles. The monoisotopic (exact) mass is 995 g/mol. The molecule has 3 fully saturated rings. The van der Waals surface area contributed by atoms with Gasteiger partial charge in [-0.25, -0.2) is 9.46 Å². The maximum absolute atomic E-state index is 13.7. The van der Waals surface area contributed by atoms with Crippen molar-refractivity contribution >= 4 is 14.6 Å². The zero-order valence-electron chi connectivity index (χ0n) is 45.7. The standard InChI is InChI=1S/C61H91N2O7P/c1-42(2)17-16-18-45(7)55-31-32-56-54-30-25-49-41-53(33-37-59(49,8)57(54)34-38-60(55,56)9)69-58(64)62-39-35-52(70-71(67-12)63(43(3)4)44(5)6)36-40-68-61(46-19-14-13-15-20-46,47-21-26-50(65-10)27-22-47)48-23-28-51(66-11)29-24-48/h13-15,19-29,42-45,52-57H,16-18,30-41H2,1-12H3,(H,62,64)/t45-,52?,53+,54+,55-,56+,57+,59+,60-,71?/m1/s1. The summed E-state index contributed by atoms with van der Waals surface area (Å²) in [7, 11) is 3.68. The predicted octanol–water partition coefficient (Wildman–Crippen LogP) is 15.3. The van der Waals surface area contributed by atoms with Crippen molar-refractivity contribution in [1.82, 2.24) is 9.99 Å². The molecule has 0 bridgehead atoms. The number of amides is 1. The molecular formula is C61H91N2O7P. The number of fused-ring (bicyclic) bond motifs is 5. The number of methoxy groups -OCH3 is 2. The third kappa shape index (κ3) is 12.4. The molecule has 2 unspecified atom stereocenters. The van der Waals surface area contributed by atoms with Crippen molar-refractivity contribution in [3.8, 4) is 11.5 Å². The summed E-state index contributed by atoms with van der Waals surface area (Å²) in [5.41, 5.74) is 4.19. The number of allylic oxidation sites excluding steroid dienone is 1. The lowest BCUT2D eigenvalue weighted by molar-refractivity contribution is -0.0581. The fourth-order valence-electron chi connectivity index (χ4n) is 14.2. The van der Waals surface area contributed by atoms with Gasteiger partial charge in [-0.05, 0) is 173 Å². The summed E-state index contributed by atoms with van der Waals surface area (Å²) in [5, 5.41) is 3.15. The molecule has 10 atom stereocenters. The van der Waals surface area contributed by atoms with Crippen LogP contribution in [0, 0.1) is 46.3 Å². The van der Waals surface area contributed by atoms with Crippen molar-refractivity contribution in [2.75, 3.05) is 34.5 Å². The van der Waals surface area contributed by atoms with Gasteiger partial charge in [-0.15, -0.1) is 0 Å². The lowest BCUT2D eigenvalue weighted by atomic mass is 9.47. The smallest absolute Gasteiger partial charge is 0.407 e. The van der Waals surface area contributed by atoms with Gasteiger partial charge in [-0.1, -0.05) is 120 Å². The fraction of sp³-hybridized carbons (Fsp3) is 0.656. The molecule has 7 rings (SSSR count). The number of ether oxygens (including phenoxy) is 4. The highest BCUT2D eigenvalue weighted by Gasteiger charge is 2.59. The number of nitrogens with one attached hydrogen (secondary N) is 1. The summed E-state index contributed by atoms with van der Waals surface area (Å²) >= 11 is 0. The highest BCUT2D eigenvalue weighted by atomic mass is 31.2. The molecular weight excluding hydrogens is 904 g/mol. The van der Waals surface area contributed by atoms with E-state index in [0.29, 0.717) is 31.4 Å². The fourth-order valence-corrected chi connectivity index (χ4v) is 15.8. The van der Waals surface area contributed by atoms with Crippen LogP contribution in [0.2, 0.25) is 0 Å². The van der Waals surface area contributed by atoms with Crippen LogP contribution >= 0.6 is 8.53 Å². The quantitative estimate of drug-likeness (QED) is 0.0539. The average Bonchev–Trinajstić information content (AvgIpc) is 3.72. The molecule has 0 radical (unpaired) electrons. The number of carbonyl (C=O) groups excluding carboxylic acids is 1. The number of hydrogen-bond acceptors (Lipinski definition) is 8. The first-order valence-corrected chi connectivity index (χ1v) is 28.6. The molecule has 3 aromatic carbocycles. The van der Waals surface area contributed by atoms with Crippen LogP contribution in [0.1, 0.15) is 162 Å². The molecule has 4 aliphatic rings. The van der Waals surface area contributed by atoms with Crippen molar-refractivity contribution in [1.29, 1.82) is 0 Å². The third-order valence-electron chi connectivity index (χ3n) is 17.8. The number of alkyl carbamates (subject to hydrolysis) is 1. The second-order valence-electron chi connectivity index (χ2n) is 23.1. The normalized spacial score (nSPS) is 26.6. The highest BCUT2D eigenvalue weighted by Crippen LogP contribution is 2.67. The highest BCUT2D eigenvalue weighted by molar-refractivity contribution is 7.44. The molecule has 10 heteroatoms. The first kappa shape index (κ1) is 55.3. The number of benzene rings is 3. The Morgan fingerprint density at radius 1 is 0.746 bits per heavy atom. The van der Waals surface area contributed by atoms with Gasteiger partial charge in [0.1, 0.15) is 23.2 Å². The third-order valence-corrected chi connectivity index (χ3v) is 19.9. The molecule has 71 heavy (non-hydrogen) atoms. The summed E-state index contributed by atoms with van der Waals surface area (Å²) in [5.74, 6) is 6.37. The van der Waals surface area contributed by atoms with E-state index >= 15 is 0 Å². The Hall–Kier alpha value is -3.46. The Morgan fingerprint density at radius 2 is 1.38 bits per heavy atom. The van der Waals surface area contributed by atoms with Crippen molar-refractivity contribution in [2.24, 2.45) is 46.3 Å². The summed E-state index contributed by atoms with van der Waals surface area (Å²) in [6.45, 7) is 22.0. The molecule has 0 aliphatic heterocycles. The van der Waals surface area contributed by atoms with Gasteiger partial charge in [-0.2, -0.15) is 0 Å². The minimum atomic E-state index is -1.41. The van der Waals surface area contributed by atoms with Crippen LogP contribution in [-0.2, 0) is 24.1 Å². The molecule has 1 amide bonds. The second kappa shape index (κ2) is 24.7. The molecule has 4 aliphatic carbocycles. The van der Waals surface area contributed by atoms with Gasteiger partial charge in [-0.3, -0.25) is 0 Å². The Labute approximate surface area is 430 Å². The summed E-state index contributed by atoms with van der Waals surface area (Å²) < 4.78 is 40.1. The Morgan fingerprint density at radius 3 is 1.97 bits per heavy atom. The average molecular weight is 995 g/mol. The molecule has 3 saturated carbocycles. The molecule has 9 nitrogen and oxygen atoms in total. The van der Waals surface area contributed by atoms with Gasteiger partial charge in [0.15, 0.2) is 0 Å². The summed E-state index contributed by atoms with van der Waals surface area (Å²) in [6, 6.07) is 27.0. The predicted molar refractivity (Wildman–Crippen MR) is 290 cm³/mol. The van der Waals surface area contributed by atoms with E-state index in [0.717, 1.165) is 83.0 Å².